The van der Waals surface area contributed by atoms with Crippen molar-refractivity contribution in [3.8, 4) is 0 Å². The number of ether oxygens (including phenoxy) is 2. The SMILES string of the molecule is CC(C)(C)OC(=O)N1CCOCC1CNCC1CCCCCCC1. The molecule has 140 valence electrons. The summed E-state index contributed by atoms with van der Waals surface area (Å²) in [5, 5.41) is 3.59. The number of amides is 1. The molecule has 0 spiro atoms. The van der Waals surface area contributed by atoms with Crippen LogP contribution in [0.3, 0.4) is 0 Å². The van der Waals surface area contributed by atoms with Crippen LogP contribution in [0.2, 0.25) is 0 Å². The van der Waals surface area contributed by atoms with E-state index in [9.17, 15) is 4.79 Å². The van der Waals surface area contributed by atoms with Gasteiger partial charge in [-0.1, -0.05) is 32.1 Å². The molecule has 5 nitrogen and oxygen atoms in total. The van der Waals surface area contributed by atoms with E-state index >= 15 is 0 Å². The van der Waals surface area contributed by atoms with Crippen LogP contribution < -0.4 is 5.32 Å². The minimum atomic E-state index is -0.452. The third-order valence-corrected chi connectivity index (χ3v) is 4.89. The molecule has 1 unspecified atom stereocenters. The number of hydrogen-bond donors (Lipinski definition) is 1. The van der Waals surface area contributed by atoms with Gasteiger partial charge in [-0.15, -0.1) is 0 Å². The summed E-state index contributed by atoms with van der Waals surface area (Å²) in [4.78, 5) is 14.2. The predicted octanol–water partition coefficient (Wildman–Crippen LogP) is 3.57. The van der Waals surface area contributed by atoms with Crippen molar-refractivity contribution in [3.63, 3.8) is 0 Å². The smallest absolute Gasteiger partial charge is 0.410 e. The van der Waals surface area contributed by atoms with E-state index in [1.165, 1.54) is 44.9 Å². The second-order valence-electron chi connectivity index (χ2n) is 8.27. The molecule has 1 amide bonds. The van der Waals surface area contributed by atoms with Crippen LogP contribution in [0.5, 0.6) is 0 Å². The van der Waals surface area contributed by atoms with Crippen LogP contribution in [0.1, 0.15) is 65.7 Å². The molecule has 0 radical (unpaired) electrons. The summed E-state index contributed by atoms with van der Waals surface area (Å²) >= 11 is 0. The Morgan fingerprint density at radius 2 is 1.79 bits per heavy atom. The Bertz CT molecular complexity index is 373. The molecule has 5 heteroatoms. The lowest BCUT2D eigenvalue weighted by Crippen LogP contribution is -2.54. The second kappa shape index (κ2) is 9.62. The van der Waals surface area contributed by atoms with Crippen LogP contribution in [-0.4, -0.2) is 55.5 Å². The molecule has 0 bridgehead atoms. The fourth-order valence-corrected chi connectivity index (χ4v) is 3.58. The molecule has 1 saturated heterocycles. The summed E-state index contributed by atoms with van der Waals surface area (Å²) in [5.74, 6) is 0.782. The Balaban J connectivity index is 1.77. The normalized spacial score (nSPS) is 24.3. The number of hydrogen-bond acceptors (Lipinski definition) is 4. The van der Waals surface area contributed by atoms with Crippen LogP contribution in [0.4, 0.5) is 4.79 Å². The number of carbonyl (C=O) groups is 1. The molecule has 0 aromatic carbocycles. The van der Waals surface area contributed by atoms with Gasteiger partial charge in [-0.05, 0) is 46.1 Å². The zero-order valence-corrected chi connectivity index (χ0v) is 15.8. The van der Waals surface area contributed by atoms with Crippen LogP contribution in [0.15, 0.2) is 0 Å². The van der Waals surface area contributed by atoms with Crippen LogP contribution in [0, 0.1) is 5.92 Å². The summed E-state index contributed by atoms with van der Waals surface area (Å²) in [6.45, 7) is 9.38. The summed E-state index contributed by atoms with van der Waals surface area (Å²) in [6, 6.07) is 0.0714. The van der Waals surface area contributed by atoms with Gasteiger partial charge in [0.1, 0.15) is 5.60 Å². The lowest BCUT2D eigenvalue weighted by Gasteiger charge is -2.37. The van der Waals surface area contributed by atoms with Crippen molar-refractivity contribution in [2.45, 2.75) is 77.4 Å². The highest BCUT2D eigenvalue weighted by Gasteiger charge is 2.30. The van der Waals surface area contributed by atoms with Crippen molar-refractivity contribution in [1.29, 1.82) is 0 Å². The van der Waals surface area contributed by atoms with E-state index in [1.807, 2.05) is 25.7 Å². The van der Waals surface area contributed by atoms with Gasteiger partial charge in [-0.2, -0.15) is 0 Å². The first-order valence-corrected chi connectivity index (χ1v) is 9.74. The number of nitrogens with one attached hydrogen (secondary N) is 1. The average molecular weight is 341 g/mol. The van der Waals surface area contributed by atoms with Crippen LogP contribution in [-0.2, 0) is 9.47 Å². The number of carbonyl (C=O) groups excluding carboxylic acids is 1. The second-order valence-corrected chi connectivity index (χ2v) is 8.27. The molecular formula is C19H36N2O3. The van der Waals surface area contributed by atoms with Crippen molar-refractivity contribution in [2.75, 3.05) is 32.8 Å². The molecule has 1 aliphatic carbocycles. The Morgan fingerprint density at radius 3 is 2.46 bits per heavy atom. The molecule has 1 N–H and O–H groups in total. The molecule has 0 aromatic heterocycles. The van der Waals surface area contributed by atoms with Crippen molar-refractivity contribution in [2.24, 2.45) is 5.92 Å². The maximum atomic E-state index is 12.4. The van der Waals surface area contributed by atoms with Crippen molar-refractivity contribution < 1.29 is 14.3 Å². The average Bonchev–Trinajstić information content (AvgIpc) is 2.48. The molecule has 1 atom stereocenters. The van der Waals surface area contributed by atoms with E-state index < -0.39 is 5.60 Å². The number of rotatable bonds is 4. The Hall–Kier alpha value is -0.810. The highest BCUT2D eigenvalue weighted by atomic mass is 16.6. The van der Waals surface area contributed by atoms with Gasteiger partial charge in [0.2, 0.25) is 0 Å². The van der Waals surface area contributed by atoms with E-state index in [-0.39, 0.29) is 12.1 Å². The van der Waals surface area contributed by atoms with E-state index in [2.05, 4.69) is 5.32 Å². The van der Waals surface area contributed by atoms with Gasteiger partial charge >= 0.3 is 6.09 Å². The fourth-order valence-electron chi connectivity index (χ4n) is 3.58. The van der Waals surface area contributed by atoms with Crippen LogP contribution >= 0.6 is 0 Å². The first-order chi connectivity index (χ1) is 11.5. The Kier molecular flexibility index (Phi) is 7.82. The zero-order valence-electron chi connectivity index (χ0n) is 15.8. The Morgan fingerprint density at radius 1 is 1.12 bits per heavy atom. The van der Waals surface area contributed by atoms with E-state index in [0.29, 0.717) is 19.8 Å². The van der Waals surface area contributed by atoms with Gasteiger partial charge < -0.3 is 14.8 Å². The summed E-state index contributed by atoms with van der Waals surface area (Å²) in [7, 11) is 0. The lowest BCUT2D eigenvalue weighted by atomic mass is 9.91. The van der Waals surface area contributed by atoms with E-state index in [1.54, 1.807) is 0 Å². The summed E-state index contributed by atoms with van der Waals surface area (Å²) in [6.07, 6.45) is 9.37. The van der Waals surface area contributed by atoms with Gasteiger partial charge in [-0.25, -0.2) is 4.79 Å². The highest BCUT2D eigenvalue weighted by molar-refractivity contribution is 5.68. The largest absolute Gasteiger partial charge is 0.444 e. The van der Waals surface area contributed by atoms with Crippen molar-refractivity contribution in [3.05, 3.63) is 0 Å². The molecule has 1 heterocycles. The molecule has 1 aliphatic heterocycles. The predicted molar refractivity (Wildman–Crippen MR) is 96.2 cm³/mol. The van der Waals surface area contributed by atoms with E-state index in [4.69, 9.17) is 9.47 Å². The standard InChI is InChI=1S/C19H36N2O3/c1-19(2,3)24-18(22)21-11-12-23-15-17(21)14-20-13-16-9-7-5-4-6-8-10-16/h16-17,20H,4-15H2,1-3H3. The van der Waals surface area contributed by atoms with Crippen LogP contribution in [0.25, 0.3) is 0 Å². The number of nitrogens with zero attached hydrogens (tertiary/aromatic N) is 1. The zero-order chi connectivity index (χ0) is 17.4. The first kappa shape index (κ1) is 19.5. The third-order valence-electron chi connectivity index (χ3n) is 4.89. The van der Waals surface area contributed by atoms with Gasteiger partial charge in [0, 0.05) is 13.1 Å². The third kappa shape index (κ3) is 6.98. The molecule has 2 rings (SSSR count). The topological polar surface area (TPSA) is 50.8 Å². The summed E-state index contributed by atoms with van der Waals surface area (Å²) in [5.41, 5.74) is -0.452. The van der Waals surface area contributed by atoms with E-state index in [0.717, 1.165) is 19.0 Å². The summed E-state index contributed by atoms with van der Waals surface area (Å²) < 4.78 is 11.1. The maximum Gasteiger partial charge on any atom is 0.410 e. The van der Waals surface area contributed by atoms with Gasteiger partial charge in [-0.3, -0.25) is 4.90 Å². The highest BCUT2D eigenvalue weighted by Crippen LogP contribution is 2.21. The van der Waals surface area contributed by atoms with Crippen molar-refractivity contribution in [1.82, 2.24) is 10.2 Å². The maximum absolute atomic E-state index is 12.4. The fraction of sp³-hybridized carbons (Fsp3) is 0.947. The lowest BCUT2D eigenvalue weighted by molar-refractivity contribution is -0.0318. The van der Waals surface area contributed by atoms with Gasteiger partial charge in [0.05, 0.1) is 19.3 Å². The van der Waals surface area contributed by atoms with Crippen molar-refractivity contribution >= 4 is 6.09 Å². The van der Waals surface area contributed by atoms with Gasteiger partial charge in [0.15, 0.2) is 0 Å². The quantitative estimate of drug-likeness (QED) is 0.850. The minimum absolute atomic E-state index is 0.0714. The monoisotopic (exact) mass is 340 g/mol. The first-order valence-electron chi connectivity index (χ1n) is 9.74. The van der Waals surface area contributed by atoms with Gasteiger partial charge in [0.25, 0.3) is 0 Å². The molecule has 2 aliphatic rings. The molecule has 1 saturated carbocycles. The molecule has 0 aromatic rings. The minimum Gasteiger partial charge on any atom is -0.444 e. The Labute approximate surface area is 147 Å². The molecule has 24 heavy (non-hydrogen) atoms. The number of morpholine rings is 1. The molecule has 2 fully saturated rings. The molecular weight excluding hydrogens is 304 g/mol.